The second-order valence-corrected chi connectivity index (χ2v) is 17.7. The summed E-state index contributed by atoms with van der Waals surface area (Å²) < 4.78 is 5.90. The molecule has 0 aromatic heterocycles. The van der Waals surface area contributed by atoms with Crippen LogP contribution in [0, 0.1) is 0 Å². The summed E-state index contributed by atoms with van der Waals surface area (Å²) in [4.78, 5) is 26.1. The number of carbonyl (C=O) groups excluding carboxylic acids is 2. The molecule has 0 rings (SSSR count). The predicted molar refractivity (Wildman–Crippen MR) is 264 cm³/mol. The number of aliphatic hydroxyl groups is 2. The molecule has 0 aromatic rings. The molecule has 0 aliphatic rings. The van der Waals surface area contributed by atoms with E-state index in [0.29, 0.717) is 25.7 Å². The van der Waals surface area contributed by atoms with Crippen molar-refractivity contribution in [1.82, 2.24) is 5.32 Å². The van der Waals surface area contributed by atoms with Gasteiger partial charge in [0, 0.05) is 6.42 Å². The van der Waals surface area contributed by atoms with Gasteiger partial charge in [-0.25, -0.2) is 0 Å². The fraction of sp³-hybridized carbons (Fsp3) is 0.782. The van der Waals surface area contributed by atoms with Crippen LogP contribution in [0.25, 0.3) is 0 Å². The Morgan fingerprint density at radius 1 is 0.492 bits per heavy atom. The number of esters is 1. The number of carbonyl (C=O) groups is 2. The van der Waals surface area contributed by atoms with Crippen LogP contribution in [0.4, 0.5) is 0 Å². The number of amides is 1. The fourth-order valence-corrected chi connectivity index (χ4v) is 7.81. The minimum atomic E-state index is -0.799. The van der Waals surface area contributed by atoms with Gasteiger partial charge in [0.2, 0.25) is 5.91 Å². The molecule has 3 N–H and O–H groups in total. The molecule has 3 unspecified atom stereocenters. The first-order valence-corrected chi connectivity index (χ1v) is 26.1. The molecule has 0 heterocycles. The van der Waals surface area contributed by atoms with Crippen molar-refractivity contribution in [3.63, 3.8) is 0 Å². The zero-order valence-corrected chi connectivity index (χ0v) is 40.3. The van der Waals surface area contributed by atoms with Crippen LogP contribution in [0.15, 0.2) is 60.8 Å². The average molecular weight is 854 g/mol. The lowest BCUT2D eigenvalue weighted by Gasteiger charge is -2.24. The number of nitrogens with one attached hydrogen (secondary N) is 1. The molecule has 61 heavy (non-hydrogen) atoms. The molecule has 0 radical (unpaired) electrons. The smallest absolute Gasteiger partial charge is 0.306 e. The van der Waals surface area contributed by atoms with Gasteiger partial charge in [0.15, 0.2) is 0 Å². The van der Waals surface area contributed by atoms with E-state index in [9.17, 15) is 19.8 Å². The molecule has 0 saturated carbocycles. The highest BCUT2D eigenvalue weighted by Crippen LogP contribution is 2.18. The molecular formula is C55H99NO5. The number of allylic oxidation sites excluding steroid dienone is 10. The SMILES string of the molecule is CC/C=C/C=C/C=C\C=C/C=C/CCCC(=O)OC(CCCCCCCCCCCCCCCCCC)CC(=O)NC(CO)C(O)CCCCCCCCCCCCCCC. The van der Waals surface area contributed by atoms with Crippen LogP contribution in [0.3, 0.4) is 0 Å². The number of hydrogen-bond donors (Lipinski definition) is 3. The van der Waals surface area contributed by atoms with Crippen LogP contribution in [0.1, 0.15) is 252 Å². The second kappa shape index (κ2) is 48.6. The van der Waals surface area contributed by atoms with Gasteiger partial charge in [-0.2, -0.15) is 0 Å². The van der Waals surface area contributed by atoms with E-state index in [4.69, 9.17) is 4.74 Å². The third kappa shape index (κ3) is 44.0. The first-order valence-electron chi connectivity index (χ1n) is 26.1. The van der Waals surface area contributed by atoms with Crippen LogP contribution < -0.4 is 5.32 Å². The zero-order valence-electron chi connectivity index (χ0n) is 40.3. The number of hydrogen-bond acceptors (Lipinski definition) is 5. The van der Waals surface area contributed by atoms with Crippen molar-refractivity contribution in [2.45, 2.75) is 270 Å². The molecule has 0 saturated heterocycles. The molecule has 0 aromatic carbocycles. The van der Waals surface area contributed by atoms with Gasteiger partial charge in [-0.3, -0.25) is 9.59 Å². The summed E-state index contributed by atoms with van der Waals surface area (Å²) in [7, 11) is 0. The summed E-state index contributed by atoms with van der Waals surface area (Å²) in [6.07, 6.45) is 60.0. The Morgan fingerprint density at radius 3 is 1.28 bits per heavy atom. The summed E-state index contributed by atoms with van der Waals surface area (Å²) in [5.41, 5.74) is 0. The highest BCUT2D eigenvalue weighted by atomic mass is 16.5. The van der Waals surface area contributed by atoms with Gasteiger partial charge in [-0.1, -0.05) is 261 Å². The molecule has 1 amide bonds. The molecule has 0 aliphatic heterocycles. The van der Waals surface area contributed by atoms with Gasteiger partial charge < -0.3 is 20.3 Å². The van der Waals surface area contributed by atoms with Gasteiger partial charge in [0.1, 0.15) is 6.10 Å². The third-order valence-corrected chi connectivity index (χ3v) is 11.7. The van der Waals surface area contributed by atoms with Gasteiger partial charge in [-0.15, -0.1) is 0 Å². The van der Waals surface area contributed by atoms with Crippen molar-refractivity contribution in [1.29, 1.82) is 0 Å². The zero-order chi connectivity index (χ0) is 44.5. The fourth-order valence-electron chi connectivity index (χ4n) is 7.81. The van der Waals surface area contributed by atoms with E-state index in [2.05, 4.69) is 38.2 Å². The summed E-state index contributed by atoms with van der Waals surface area (Å²) in [5, 5.41) is 23.8. The van der Waals surface area contributed by atoms with Gasteiger partial charge >= 0.3 is 5.97 Å². The molecule has 0 bridgehead atoms. The lowest BCUT2D eigenvalue weighted by Crippen LogP contribution is -2.46. The van der Waals surface area contributed by atoms with E-state index in [-0.39, 0.29) is 24.9 Å². The molecule has 6 nitrogen and oxygen atoms in total. The Bertz CT molecular complexity index is 1090. The summed E-state index contributed by atoms with van der Waals surface area (Å²) in [5.74, 6) is -0.555. The molecule has 0 aliphatic carbocycles. The third-order valence-electron chi connectivity index (χ3n) is 11.7. The number of unbranched alkanes of at least 4 members (excludes halogenated alkanes) is 28. The molecular weight excluding hydrogens is 755 g/mol. The second-order valence-electron chi connectivity index (χ2n) is 17.7. The van der Waals surface area contributed by atoms with Crippen LogP contribution in [-0.4, -0.2) is 46.9 Å². The Labute approximate surface area is 378 Å². The number of ether oxygens (including phenoxy) is 1. The van der Waals surface area contributed by atoms with E-state index in [1.54, 1.807) is 0 Å². The van der Waals surface area contributed by atoms with Crippen LogP contribution in [-0.2, 0) is 14.3 Å². The Morgan fingerprint density at radius 2 is 0.869 bits per heavy atom. The normalized spacial score (nSPS) is 13.7. The van der Waals surface area contributed by atoms with E-state index < -0.39 is 18.2 Å². The lowest BCUT2D eigenvalue weighted by atomic mass is 10.0. The number of aliphatic hydroxyl groups excluding tert-OH is 2. The molecule has 6 heteroatoms. The monoisotopic (exact) mass is 854 g/mol. The quantitative estimate of drug-likeness (QED) is 0.0322. The summed E-state index contributed by atoms with van der Waals surface area (Å²) in [6, 6.07) is -0.715. The van der Waals surface area contributed by atoms with Crippen molar-refractivity contribution in [3.05, 3.63) is 60.8 Å². The maximum Gasteiger partial charge on any atom is 0.306 e. The first-order chi connectivity index (χ1) is 30.0. The van der Waals surface area contributed by atoms with Crippen molar-refractivity contribution < 1.29 is 24.5 Å². The Kier molecular flexibility index (Phi) is 46.6. The van der Waals surface area contributed by atoms with Crippen molar-refractivity contribution in [3.8, 4) is 0 Å². The lowest BCUT2D eigenvalue weighted by molar-refractivity contribution is -0.151. The van der Waals surface area contributed by atoms with Gasteiger partial charge in [-0.05, 0) is 38.5 Å². The van der Waals surface area contributed by atoms with Crippen LogP contribution >= 0.6 is 0 Å². The van der Waals surface area contributed by atoms with Gasteiger partial charge in [0.25, 0.3) is 0 Å². The maximum absolute atomic E-state index is 13.2. The highest BCUT2D eigenvalue weighted by molar-refractivity contribution is 5.77. The largest absolute Gasteiger partial charge is 0.462 e. The Hall–Kier alpha value is -2.44. The van der Waals surface area contributed by atoms with E-state index in [1.165, 1.54) is 148 Å². The highest BCUT2D eigenvalue weighted by Gasteiger charge is 2.24. The topological polar surface area (TPSA) is 95.9 Å². The average Bonchev–Trinajstić information content (AvgIpc) is 3.25. The predicted octanol–water partition coefficient (Wildman–Crippen LogP) is 15.6. The van der Waals surface area contributed by atoms with E-state index in [1.807, 2.05) is 48.6 Å². The van der Waals surface area contributed by atoms with Gasteiger partial charge in [0.05, 0.1) is 25.2 Å². The van der Waals surface area contributed by atoms with E-state index in [0.717, 1.165) is 51.4 Å². The first kappa shape index (κ1) is 58.6. The Balaban J connectivity index is 4.66. The van der Waals surface area contributed by atoms with Crippen LogP contribution in [0.5, 0.6) is 0 Å². The number of rotatable bonds is 46. The molecule has 3 atom stereocenters. The molecule has 354 valence electrons. The van der Waals surface area contributed by atoms with Crippen molar-refractivity contribution >= 4 is 11.9 Å². The van der Waals surface area contributed by atoms with Crippen molar-refractivity contribution in [2.75, 3.05) is 6.61 Å². The minimum absolute atomic E-state index is 0.0503. The molecule has 0 fully saturated rings. The summed E-state index contributed by atoms with van der Waals surface area (Å²) in [6.45, 7) is 6.34. The maximum atomic E-state index is 13.2. The standard InChI is InChI=1S/C55H99NO5/c1-4-7-10-13-16-19-22-25-26-27-30-31-34-37-40-43-46-51(61-55(60)48-45-42-39-36-33-29-24-21-18-15-12-9-6-3)49-54(59)56-52(50-57)53(58)47-44-41-38-35-32-28-23-20-17-14-11-8-5-2/h9,12,15,18,21,24,29,33,36,39,51-53,57-58H,4-8,10-11,13-14,16-17,19-20,22-23,25-28,30-32,34-35,37-38,40-50H2,1-3H3,(H,56,59)/b12-9+,18-15+,24-21-,33-29-,39-36+. The minimum Gasteiger partial charge on any atom is -0.462 e. The van der Waals surface area contributed by atoms with Crippen LogP contribution in [0.2, 0.25) is 0 Å². The molecule has 0 spiro atoms. The summed E-state index contributed by atoms with van der Waals surface area (Å²) >= 11 is 0. The van der Waals surface area contributed by atoms with Crippen molar-refractivity contribution in [2.24, 2.45) is 0 Å². The van der Waals surface area contributed by atoms with E-state index >= 15 is 0 Å².